The molecule has 3 amide bonds. The molecule has 2 aliphatic heterocycles. The zero-order valence-corrected chi connectivity index (χ0v) is 16.7. The number of oxazole rings is 1. The lowest BCUT2D eigenvalue weighted by atomic mass is 10.2. The van der Waals surface area contributed by atoms with Crippen molar-refractivity contribution in [1.29, 1.82) is 0 Å². The number of urea groups is 1. The molecule has 8 nitrogen and oxygen atoms in total. The Hall–Kier alpha value is -2.87. The average Bonchev–Trinajstić information content (AvgIpc) is 3.45. The first-order valence-electron chi connectivity index (χ1n) is 10.1. The van der Waals surface area contributed by atoms with E-state index in [0.717, 1.165) is 24.9 Å². The summed E-state index contributed by atoms with van der Waals surface area (Å²) in [6.07, 6.45) is 3.51. The lowest BCUT2D eigenvalue weighted by molar-refractivity contribution is 0.0638. The fraction of sp³-hybridized carbons (Fsp3) is 0.476. The van der Waals surface area contributed by atoms with Crippen LogP contribution >= 0.6 is 0 Å². The van der Waals surface area contributed by atoms with Crippen molar-refractivity contribution in [1.82, 2.24) is 25.0 Å². The van der Waals surface area contributed by atoms with E-state index in [1.807, 2.05) is 30.3 Å². The van der Waals surface area contributed by atoms with Crippen LogP contribution in [0.2, 0.25) is 0 Å². The van der Waals surface area contributed by atoms with Crippen molar-refractivity contribution < 1.29 is 14.0 Å². The largest absolute Gasteiger partial charge is 0.446 e. The number of piperazine rings is 1. The zero-order valence-electron chi connectivity index (χ0n) is 16.7. The van der Waals surface area contributed by atoms with Crippen molar-refractivity contribution in [3.05, 3.63) is 53.7 Å². The summed E-state index contributed by atoms with van der Waals surface area (Å²) in [7, 11) is 1.81. The molecule has 1 N–H and O–H groups in total. The molecule has 0 saturated carbocycles. The Balaban J connectivity index is 1.29. The molecule has 0 aliphatic carbocycles. The van der Waals surface area contributed by atoms with Gasteiger partial charge in [0.2, 0.25) is 5.89 Å². The standard InChI is InChI=1S/C21H27N5O3/c1-24(14-16-6-3-2-4-7-16)21(28)26-12-10-25(11-13-26)20(27)18-15-29-19(23-18)17-8-5-9-22-17/h2-4,6-7,15,17,22H,5,8-14H2,1H3/t17-/m0/s1. The van der Waals surface area contributed by atoms with E-state index in [0.29, 0.717) is 44.3 Å². The van der Waals surface area contributed by atoms with Gasteiger partial charge >= 0.3 is 6.03 Å². The minimum atomic E-state index is -0.136. The number of hydrogen-bond donors (Lipinski definition) is 1. The molecular weight excluding hydrogens is 370 g/mol. The van der Waals surface area contributed by atoms with Crippen LogP contribution in [0.5, 0.6) is 0 Å². The molecule has 1 atom stereocenters. The highest BCUT2D eigenvalue weighted by Gasteiger charge is 2.29. The lowest BCUT2D eigenvalue weighted by Crippen LogP contribution is -2.53. The van der Waals surface area contributed by atoms with E-state index in [1.54, 1.807) is 21.7 Å². The van der Waals surface area contributed by atoms with Gasteiger partial charge in [-0.1, -0.05) is 30.3 Å². The number of nitrogens with one attached hydrogen (secondary N) is 1. The average molecular weight is 397 g/mol. The highest BCUT2D eigenvalue weighted by molar-refractivity contribution is 5.92. The summed E-state index contributed by atoms with van der Waals surface area (Å²) in [5.74, 6) is 0.449. The molecule has 3 heterocycles. The Bertz CT molecular complexity index is 839. The van der Waals surface area contributed by atoms with Crippen LogP contribution in [-0.2, 0) is 6.54 Å². The molecule has 8 heteroatoms. The maximum absolute atomic E-state index is 12.7. The van der Waals surface area contributed by atoms with E-state index in [-0.39, 0.29) is 18.0 Å². The molecule has 29 heavy (non-hydrogen) atoms. The van der Waals surface area contributed by atoms with Crippen LogP contribution in [0.1, 0.15) is 40.8 Å². The van der Waals surface area contributed by atoms with Crippen molar-refractivity contribution in [2.24, 2.45) is 0 Å². The van der Waals surface area contributed by atoms with Gasteiger partial charge in [-0.2, -0.15) is 0 Å². The predicted molar refractivity (Wildman–Crippen MR) is 107 cm³/mol. The van der Waals surface area contributed by atoms with Crippen LogP contribution in [0.4, 0.5) is 4.79 Å². The minimum absolute atomic E-state index is 0.0167. The summed E-state index contributed by atoms with van der Waals surface area (Å²) in [5.41, 5.74) is 1.44. The van der Waals surface area contributed by atoms with E-state index in [1.165, 1.54) is 6.26 Å². The van der Waals surface area contributed by atoms with Gasteiger partial charge in [-0.25, -0.2) is 9.78 Å². The highest BCUT2D eigenvalue weighted by atomic mass is 16.3. The van der Waals surface area contributed by atoms with Crippen LogP contribution in [0.25, 0.3) is 0 Å². The van der Waals surface area contributed by atoms with Gasteiger partial charge in [0.25, 0.3) is 5.91 Å². The normalized spacial score (nSPS) is 19.4. The Morgan fingerprint density at radius 1 is 1.17 bits per heavy atom. The molecule has 0 bridgehead atoms. The Kier molecular flexibility index (Phi) is 5.80. The van der Waals surface area contributed by atoms with Gasteiger partial charge in [0, 0.05) is 39.8 Å². The first-order valence-corrected chi connectivity index (χ1v) is 10.1. The summed E-state index contributed by atoms with van der Waals surface area (Å²) in [6.45, 7) is 3.53. The molecule has 0 radical (unpaired) electrons. The topological polar surface area (TPSA) is 81.9 Å². The van der Waals surface area contributed by atoms with Crippen LogP contribution in [0.3, 0.4) is 0 Å². The SMILES string of the molecule is CN(Cc1ccccc1)C(=O)N1CCN(C(=O)c2coc([C@@H]3CCCN3)n2)CC1. The third-order valence-electron chi connectivity index (χ3n) is 5.53. The molecular formula is C21H27N5O3. The van der Waals surface area contributed by atoms with E-state index in [4.69, 9.17) is 4.42 Å². The second-order valence-corrected chi connectivity index (χ2v) is 7.62. The van der Waals surface area contributed by atoms with Crippen LogP contribution in [-0.4, -0.2) is 71.4 Å². The number of carbonyl (C=O) groups is 2. The van der Waals surface area contributed by atoms with Crippen molar-refractivity contribution in [3.8, 4) is 0 Å². The molecule has 0 spiro atoms. The number of aromatic nitrogens is 1. The number of carbonyl (C=O) groups excluding carboxylic acids is 2. The first kappa shape index (κ1) is 19.4. The molecule has 1 aromatic carbocycles. The van der Waals surface area contributed by atoms with Crippen LogP contribution in [0.15, 0.2) is 41.0 Å². The molecule has 1 aromatic heterocycles. The fourth-order valence-corrected chi connectivity index (χ4v) is 3.87. The highest BCUT2D eigenvalue weighted by Crippen LogP contribution is 2.22. The van der Waals surface area contributed by atoms with Gasteiger partial charge < -0.3 is 24.4 Å². The number of benzene rings is 1. The maximum Gasteiger partial charge on any atom is 0.320 e. The summed E-state index contributed by atoms with van der Waals surface area (Å²) >= 11 is 0. The predicted octanol–water partition coefficient (Wildman–Crippen LogP) is 2.11. The summed E-state index contributed by atoms with van der Waals surface area (Å²) in [4.78, 5) is 35.1. The molecule has 154 valence electrons. The van der Waals surface area contributed by atoms with Gasteiger partial charge in [0.15, 0.2) is 5.69 Å². The van der Waals surface area contributed by atoms with Crippen LogP contribution < -0.4 is 5.32 Å². The molecule has 2 aliphatic rings. The van der Waals surface area contributed by atoms with Crippen molar-refractivity contribution in [2.45, 2.75) is 25.4 Å². The van der Waals surface area contributed by atoms with Gasteiger partial charge in [-0.3, -0.25) is 4.79 Å². The number of amides is 3. The monoisotopic (exact) mass is 397 g/mol. The van der Waals surface area contributed by atoms with E-state index < -0.39 is 0 Å². The second-order valence-electron chi connectivity index (χ2n) is 7.62. The summed E-state index contributed by atoms with van der Waals surface area (Å²) in [5, 5.41) is 3.32. The van der Waals surface area contributed by atoms with Crippen LogP contribution in [0, 0.1) is 0 Å². The Labute approximate surface area is 170 Å². The molecule has 2 aromatic rings. The smallest absolute Gasteiger partial charge is 0.320 e. The Morgan fingerprint density at radius 3 is 2.59 bits per heavy atom. The second kappa shape index (κ2) is 8.65. The van der Waals surface area contributed by atoms with Crippen molar-refractivity contribution >= 4 is 11.9 Å². The zero-order chi connectivity index (χ0) is 20.2. The molecule has 2 fully saturated rings. The van der Waals surface area contributed by atoms with Crippen molar-refractivity contribution in [2.75, 3.05) is 39.8 Å². The van der Waals surface area contributed by atoms with Crippen molar-refractivity contribution in [3.63, 3.8) is 0 Å². The van der Waals surface area contributed by atoms with Gasteiger partial charge in [0.1, 0.15) is 6.26 Å². The molecule has 0 unspecified atom stereocenters. The first-order chi connectivity index (χ1) is 14.1. The fourth-order valence-electron chi connectivity index (χ4n) is 3.87. The lowest BCUT2D eigenvalue weighted by Gasteiger charge is -2.36. The third kappa shape index (κ3) is 4.42. The number of hydrogen-bond acceptors (Lipinski definition) is 5. The number of nitrogens with zero attached hydrogens (tertiary/aromatic N) is 4. The van der Waals surface area contributed by atoms with E-state index >= 15 is 0 Å². The van der Waals surface area contributed by atoms with Gasteiger partial charge in [0.05, 0.1) is 6.04 Å². The van der Waals surface area contributed by atoms with E-state index in [9.17, 15) is 9.59 Å². The van der Waals surface area contributed by atoms with Gasteiger partial charge in [-0.15, -0.1) is 0 Å². The quantitative estimate of drug-likeness (QED) is 0.855. The van der Waals surface area contributed by atoms with E-state index in [2.05, 4.69) is 10.3 Å². The van der Waals surface area contributed by atoms with Gasteiger partial charge in [-0.05, 0) is 24.9 Å². The molecule has 4 rings (SSSR count). The third-order valence-corrected chi connectivity index (χ3v) is 5.53. The molecule has 2 saturated heterocycles. The summed E-state index contributed by atoms with van der Waals surface area (Å²) in [6, 6.07) is 10.0. The minimum Gasteiger partial charge on any atom is -0.446 e. The number of rotatable bonds is 4. The summed E-state index contributed by atoms with van der Waals surface area (Å²) < 4.78 is 5.52. The Morgan fingerprint density at radius 2 is 1.90 bits per heavy atom. The maximum atomic E-state index is 12.7.